The van der Waals surface area contributed by atoms with Crippen LogP contribution in [0.1, 0.15) is 36.8 Å². The van der Waals surface area contributed by atoms with Gasteiger partial charge in [-0.2, -0.15) is 5.10 Å². The number of likely N-dealkylation sites (tertiary alicyclic amines) is 1. The lowest BCUT2D eigenvalue weighted by atomic mass is 9.91. The largest absolute Gasteiger partial charge is 0.342 e. The quantitative estimate of drug-likeness (QED) is 0.870. The standard InChI is InChI=1S/C17H22N4O/c1-2-21-13-16(12-19-21)15-5-8-20(9-6-15)17(22)10-14-4-3-7-18-11-14/h3-4,7,11-13,15H,2,5-6,8-10H2,1H3. The zero-order valence-electron chi connectivity index (χ0n) is 13.0. The lowest BCUT2D eigenvalue weighted by molar-refractivity contribution is -0.131. The maximum Gasteiger partial charge on any atom is 0.227 e. The molecule has 1 aliphatic heterocycles. The topological polar surface area (TPSA) is 51.0 Å². The number of amides is 1. The van der Waals surface area contributed by atoms with Gasteiger partial charge in [-0.05, 0) is 42.9 Å². The lowest BCUT2D eigenvalue weighted by Gasteiger charge is -2.31. The fourth-order valence-corrected chi connectivity index (χ4v) is 3.01. The van der Waals surface area contributed by atoms with E-state index in [0.717, 1.165) is 38.0 Å². The van der Waals surface area contributed by atoms with Crippen LogP contribution in [-0.2, 0) is 17.8 Å². The predicted octanol–water partition coefficient (Wildman–Crippen LogP) is 2.25. The monoisotopic (exact) mass is 298 g/mol. The number of hydrogen-bond acceptors (Lipinski definition) is 3. The zero-order chi connectivity index (χ0) is 15.4. The Bertz CT molecular complexity index is 615. The molecule has 1 fully saturated rings. The molecule has 1 aliphatic rings. The molecule has 3 heterocycles. The van der Waals surface area contributed by atoms with Crippen molar-refractivity contribution >= 4 is 5.91 Å². The van der Waals surface area contributed by atoms with Gasteiger partial charge in [0.25, 0.3) is 0 Å². The van der Waals surface area contributed by atoms with Crippen LogP contribution >= 0.6 is 0 Å². The molecular weight excluding hydrogens is 276 g/mol. The van der Waals surface area contributed by atoms with Gasteiger partial charge in [-0.25, -0.2) is 0 Å². The second-order valence-corrected chi connectivity index (χ2v) is 5.82. The van der Waals surface area contributed by atoms with E-state index in [-0.39, 0.29) is 5.91 Å². The average molecular weight is 298 g/mol. The number of rotatable bonds is 4. The van der Waals surface area contributed by atoms with Gasteiger partial charge < -0.3 is 4.90 Å². The molecular formula is C17H22N4O. The van der Waals surface area contributed by atoms with Crippen molar-refractivity contribution in [2.45, 2.75) is 38.6 Å². The maximum atomic E-state index is 12.3. The molecule has 2 aromatic heterocycles. The SMILES string of the molecule is CCn1cc(C2CCN(C(=O)Cc3cccnc3)CC2)cn1. The third-order valence-corrected chi connectivity index (χ3v) is 4.37. The molecule has 5 heteroatoms. The number of carbonyl (C=O) groups is 1. The first-order valence-electron chi connectivity index (χ1n) is 7.95. The van der Waals surface area contributed by atoms with Crippen LogP contribution in [0.5, 0.6) is 0 Å². The smallest absolute Gasteiger partial charge is 0.227 e. The summed E-state index contributed by atoms with van der Waals surface area (Å²) < 4.78 is 1.97. The van der Waals surface area contributed by atoms with Gasteiger partial charge >= 0.3 is 0 Å². The van der Waals surface area contributed by atoms with Gasteiger partial charge in [0.1, 0.15) is 0 Å². The Morgan fingerprint density at radius 2 is 2.14 bits per heavy atom. The van der Waals surface area contributed by atoms with Gasteiger partial charge in [-0.3, -0.25) is 14.5 Å². The van der Waals surface area contributed by atoms with Gasteiger partial charge in [-0.1, -0.05) is 6.07 Å². The summed E-state index contributed by atoms with van der Waals surface area (Å²) in [5, 5.41) is 4.35. The Kier molecular flexibility index (Phi) is 4.51. The summed E-state index contributed by atoms with van der Waals surface area (Å²) in [5.74, 6) is 0.735. The van der Waals surface area contributed by atoms with Crippen LogP contribution in [0.25, 0.3) is 0 Å². The molecule has 0 saturated carbocycles. The highest BCUT2D eigenvalue weighted by Gasteiger charge is 2.24. The minimum Gasteiger partial charge on any atom is -0.342 e. The fraction of sp³-hybridized carbons (Fsp3) is 0.471. The van der Waals surface area contributed by atoms with Crippen LogP contribution in [0.3, 0.4) is 0 Å². The Hall–Kier alpha value is -2.17. The highest BCUT2D eigenvalue weighted by atomic mass is 16.2. The highest BCUT2D eigenvalue weighted by molar-refractivity contribution is 5.78. The first kappa shape index (κ1) is 14.8. The molecule has 2 aromatic rings. The van der Waals surface area contributed by atoms with Crippen LogP contribution < -0.4 is 0 Å². The lowest BCUT2D eigenvalue weighted by Crippen LogP contribution is -2.38. The van der Waals surface area contributed by atoms with Crippen molar-refractivity contribution in [3.05, 3.63) is 48.0 Å². The predicted molar refractivity (Wildman–Crippen MR) is 84.4 cm³/mol. The van der Waals surface area contributed by atoms with Gasteiger partial charge in [0.05, 0.1) is 12.6 Å². The van der Waals surface area contributed by atoms with E-state index in [0.29, 0.717) is 12.3 Å². The van der Waals surface area contributed by atoms with Crippen LogP contribution in [0, 0.1) is 0 Å². The number of hydrogen-bond donors (Lipinski definition) is 0. The molecule has 3 rings (SSSR count). The van der Waals surface area contributed by atoms with Crippen LogP contribution in [-0.4, -0.2) is 38.7 Å². The molecule has 0 spiro atoms. The summed E-state index contributed by atoms with van der Waals surface area (Å²) in [6.45, 7) is 4.67. The van der Waals surface area contributed by atoms with E-state index in [1.165, 1.54) is 5.56 Å². The molecule has 0 radical (unpaired) electrons. The molecule has 0 atom stereocenters. The molecule has 0 aromatic carbocycles. The summed E-state index contributed by atoms with van der Waals surface area (Å²) >= 11 is 0. The first-order chi connectivity index (χ1) is 10.8. The molecule has 0 aliphatic carbocycles. The zero-order valence-corrected chi connectivity index (χ0v) is 13.0. The van der Waals surface area contributed by atoms with Gasteiger partial charge in [0.15, 0.2) is 0 Å². The molecule has 0 N–H and O–H groups in total. The second-order valence-electron chi connectivity index (χ2n) is 5.82. The number of aryl methyl sites for hydroxylation is 1. The Labute approximate surface area is 131 Å². The summed E-state index contributed by atoms with van der Waals surface area (Å²) in [4.78, 5) is 18.4. The van der Waals surface area contributed by atoms with E-state index in [4.69, 9.17) is 0 Å². The van der Waals surface area contributed by atoms with Crippen LogP contribution in [0.4, 0.5) is 0 Å². The normalized spacial score (nSPS) is 16.0. The molecule has 116 valence electrons. The van der Waals surface area contributed by atoms with E-state index >= 15 is 0 Å². The maximum absolute atomic E-state index is 12.3. The number of aromatic nitrogens is 3. The average Bonchev–Trinajstić information content (AvgIpc) is 3.05. The Morgan fingerprint density at radius 3 is 2.77 bits per heavy atom. The highest BCUT2D eigenvalue weighted by Crippen LogP contribution is 2.27. The van der Waals surface area contributed by atoms with Crippen molar-refractivity contribution < 1.29 is 4.79 Å². The van der Waals surface area contributed by atoms with Crippen molar-refractivity contribution in [2.75, 3.05) is 13.1 Å². The first-order valence-corrected chi connectivity index (χ1v) is 7.95. The van der Waals surface area contributed by atoms with Crippen molar-refractivity contribution in [2.24, 2.45) is 0 Å². The molecule has 1 amide bonds. The van der Waals surface area contributed by atoms with E-state index in [2.05, 4.69) is 23.2 Å². The van der Waals surface area contributed by atoms with Crippen LogP contribution in [0.15, 0.2) is 36.9 Å². The second kappa shape index (κ2) is 6.73. The molecule has 0 unspecified atom stereocenters. The van der Waals surface area contributed by atoms with Gasteiger partial charge in [0, 0.05) is 38.2 Å². The summed E-state index contributed by atoms with van der Waals surface area (Å²) in [6.07, 6.45) is 10.1. The van der Waals surface area contributed by atoms with E-state index in [1.807, 2.05) is 27.9 Å². The summed E-state index contributed by atoms with van der Waals surface area (Å²) in [7, 11) is 0. The fourth-order valence-electron chi connectivity index (χ4n) is 3.01. The number of piperidine rings is 1. The van der Waals surface area contributed by atoms with Crippen molar-refractivity contribution in [3.63, 3.8) is 0 Å². The van der Waals surface area contributed by atoms with Crippen molar-refractivity contribution in [3.8, 4) is 0 Å². The minimum absolute atomic E-state index is 0.204. The summed E-state index contributed by atoms with van der Waals surface area (Å²) in [5.41, 5.74) is 2.29. The third kappa shape index (κ3) is 3.35. The number of pyridine rings is 1. The summed E-state index contributed by atoms with van der Waals surface area (Å²) in [6, 6.07) is 3.83. The molecule has 1 saturated heterocycles. The molecule has 0 bridgehead atoms. The van der Waals surface area contributed by atoms with Crippen molar-refractivity contribution in [1.82, 2.24) is 19.7 Å². The minimum atomic E-state index is 0.204. The van der Waals surface area contributed by atoms with Gasteiger partial charge in [-0.15, -0.1) is 0 Å². The van der Waals surface area contributed by atoms with Gasteiger partial charge in [0.2, 0.25) is 5.91 Å². The number of carbonyl (C=O) groups excluding carboxylic acids is 1. The van der Waals surface area contributed by atoms with E-state index in [1.54, 1.807) is 12.4 Å². The molecule has 5 nitrogen and oxygen atoms in total. The van der Waals surface area contributed by atoms with Crippen molar-refractivity contribution in [1.29, 1.82) is 0 Å². The Morgan fingerprint density at radius 1 is 1.32 bits per heavy atom. The van der Waals surface area contributed by atoms with E-state index in [9.17, 15) is 4.79 Å². The van der Waals surface area contributed by atoms with E-state index < -0.39 is 0 Å². The number of nitrogens with zero attached hydrogens (tertiary/aromatic N) is 4. The Balaban J connectivity index is 1.54. The molecule has 22 heavy (non-hydrogen) atoms. The van der Waals surface area contributed by atoms with Crippen LogP contribution in [0.2, 0.25) is 0 Å². The third-order valence-electron chi connectivity index (χ3n) is 4.37.